The van der Waals surface area contributed by atoms with E-state index in [1.54, 1.807) is 0 Å². The second kappa shape index (κ2) is 6.17. The van der Waals surface area contributed by atoms with E-state index in [0.717, 1.165) is 24.0 Å². The molecule has 35 heavy (non-hydrogen) atoms. The van der Waals surface area contributed by atoms with Crippen molar-refractivity contribution >= 4 is 38.4 Å². The summed E-state index contributed by atoms with van der Waals surface area (Å²) in [5, 5.41) is 3.74. The molecule has 0 aliphatic heterocycles. The smallest absolute Gasteiger partial charge is 0.146 e. The van der Waals surface area contributed by atoms with E-state index in [0.29, 0.717) is 0 Å². The van der Waals surface area contributed by atoms with Gasteiger partial charge in [0.25, 0.3) is 0 Å². The third kappa shape index (κ3) is 2.18. The summed E-state index contributed by atoms with van der Waals surface area (Å²) in [6, 6.07) is 35.7. The Morgan fingerprint density at radius 2 is 1.20 bits per heavy atom. The van der Waals surface area contributed by atoms with Gasteiger partial charge in [0, 0.05) is 10.8 Å². The highest BCUT2D eigenvalue weighted by Gasteiger charge is 2.29. The van der Waals surface area contributed by atoms with Gasteiger partial charge in [0.1, 0.15) is 5.65 Å². The average molecular weight is 445 g/mol. The van der Waals surface area contributed by atoms with Gasteiger partial charge in [-0.3, -0.25) is 4.40 Å². The number of aromatic nitrogens is 2. The number of pyridine rings is 1. The van der Waals surface area contributed by atoms with Gasteiger partial charge in [-0.25, -0.2) is 4.98 Å². The van der Waals surface area contributed by atoms with E-state index < -0.39 is 0 Å². The van der Waals surface area contributed by atoms with E-state index in [9.17, 15) is 0 Å². The minimum atomic E-state index is 0.981. The molecule has 0 saturated carbocycles. The third-order valence-electron chi connectivity index (χ3n) is 8.18. The van der Waals surface area contributed by atoms with Gasteiger partial charge in [-0.1, -0.05) is 78.9 Å². The van der Waals surface area contributed by atoms with Crippen molar-refractivity contribution in [2.24, 2.45) is 0 Å². The number of nitrogens with zero attached hydrogens (tertiary/aromatic N) is 2. The molecule has 0 atom stereocenters. The number of hydrogen-bond donors (Lipinski definition) is 0. The van der Waals surface area contributed by atoms with Crippen LogP contribution in [-0.4, -0.2) is 9.38 Å². The highest BCUT2D eigenvalue weighted by atomic mass is 15.0. The van der Waals surface area contributed by atoms with Crippen molar-refractivity contribution in [2.45, 2.75) is 12.8 Å². The molecule has 0 unspecified atom stereocenters. The molecule has 2 aliphatic carbocycles. The van der Waals surface area contributed by atoms with Crippen molar-refractivity contribution in [2.75, 3.05) is 0 Å². The molecule has 2 heteroatoms. The van der Waals surface area contributed by atoms with Crippen molar-refractivity contribution in [1.82, 2.24) is 9.38 Å². The molecule has 2 aliphatic rings. The second-order valence-electron chi connectivity index (χ2n) is 9.98. The Hall–Kier alpha value is -4.43. The molecule has 0 fully saturated rings. The lowest BCUT2D eigenvalue weighted by Gasteiger charge is -2.10. The zero-order chi connectivity index (χ0) is 22.7. The molecule has 9 rings (SSSR count). The lowest BCUT2D eigenvalue weighted by Crippen LogP contribution is -1.91. The molecule has 0 radical (unpaired) electrons. The van der Waals surface area contributed by atoms with Crippen LogP contribution in [0.4, 0.5) is 0 Å². The molecule has 2 aromatic heterocycles. The molecule has 162 valence electrons. The second-order valence-corrected chi connectivity index (χ2v) is 9.98. The van der Waals surface area contributed by atoms with Crippen LogP contribution < -0.4 is 0 Å². The van der Waals surface area contributed by atoms with Crippen LogP contribution in [0, 0.1) is 0 Å². The Labute approximate surface area is 202 Å². The molecule has 2 heterocycles. The largest absolute Gasteiger partial charge is 0.292 e. The molecule has 7 aromatic rings. The summed E-state index contributed by atoms with van der Waals surface area (Å²) in [7, 11) is 0. The summed E-state index contributed by atoms with van der Waals surface area (Å²) >= 11 is 0. The van der Waals surface area contributed by atoms with E-state index in [1.807, 2.05) is 0 Å². The Balaban J connectivity index is 1.41. The van der Waals surface area contributed by atoms with Gasteiger partial charge in [-0.2, -0.15) is 0 Å². The lowest BCUT2D eigenvalue weighted by molar-refractivity contribution is 1.23. The third-order valence-corrected chi connectivity index (χ3v) is 8.18. The van der Waals surface area contributed by atoms with Crippen LogP contribution >= 0.6 is 0 Å². The van der Waals surface area contributed by atoms with Gasteiger partial charge < -0.3 is 0 Å². The molecule has 0 spiro atoms. The maximum atomic E-state index is 5.24. The lowest BCUT2D eigenvalue weighted by atomic mass is 9.94. The Bertz CT molecular complexity index is 2060. The zero-order valence-electron chi connectivity index (χ0n) is 19.0. The number of para-hydroxylation sites is 1. The summed E-state index contributed by atoms with van der Waals surface area (Å²) in [5.41, 5.74) is 15.9. The highest BCUT2D eigenvalue weighted by Crippen LogP contribution is 2.50. The molecule has 0 amide bonds. The van der Waals surface area contributed by atoms with E-state index in [-0.39, 0.29) is 0 Å². The first kappa shape index (κ1) is 18.0. The van der Waals surface area contributed by atoms with Gasteiger partial charge in [-0.15, -0.1) is 0 Å². The maximum absolute atomic E-state index is 5.24. The summed E-state index contributed by atoms with van der Waals surface area (Å²) in [4.78, 5) is 5.24. The zero-order valence-corrected chi connectivity index (χ0v) is 19.0. The Kier molecular flexibility index (Phi) is 3.16. The fourth-order valence-electron chi connectivity index (χ4n) is 6.71. The molecular formula is C33H20N2. The van der Waals surface area contributed by atoms with Gasteiger partial charge in [0.15, 0.2) is 0 Å². The van der Waals surface area contributed by atoms with Gasteiger partial charge >= 0.3 is 0 Å². The monoisotopic (exact) mass is 444 g/mol. The van der Waals surface area contributed by atoms with Crippen LogP contribution in [0.1, 0.15) is 22.3 Å². The van der Waals surface area contributed by atoms with Crippen molar-refractivity contribution in [3.05, 3.63) is 119 Å². The first-order valence-electron chi connectivity index (χ1n) is 12.3. The molecular weight excluding hydrogens is 424 g/mol. The summed E-state index contributed by atoms with van der Waals surface area (Å²) < 4.78 is 2.37. The van der Waals surface area contributed by atoms with Crippen molar-refractivity contribution in [3.63, 3.8) is 0 Å². The van der Waals surface area contributed by atoms with E-state index >= 15 is 0 Å². The van der Waals surface area contributed by atoms with Crippen molar-refractivity contribution in [3.8, 4) is 22.3 Å². The van der Waals surface area contributed by atoms with Crippen LogP contribution in [0.15, 0.2) is 97.1 Å². The number of fused-ring (bicyclic) bond motifs is 15. The maximum Gasteiger partial charge on any atom is 0.146 e. The molecule has 0 bridgehead atoms. The summed E-state index contributed by atoms with van der Waals surface area (Å²) in [6.07, 6.45) is 2.01. The highest BCUT2D eigenvalue weighted by molar-refractivity contribution is 6.14. The normalized spacial score (nSPS) is 13.5. The van der Waals surface area contributed by atoms with Gasteiger partial charge in [-0.05, 0) is 80.9 Å². The summed E-state index contributed by atoms with van der Waals surface area (Å²) in [5.74, 6) is 0. The van der Waals surface area contributed by atoms with E-state index in [1.165, 1.54) is 71.7 Å². The number of rotatable bonds is 0. The van der Waals surface area contributed by atoms with Crippen molar-refractivity contribution < 1.29 is 0 Å². The number of benzene rings is 5. The fraction of sp³-hybridized carbons (Fsp3) is 0.0606. The number of hydrogen-bond acceptors (Lipinski definition) is 1. The Morgan fingerprint density at radius 3 is 2.09 bits per heavy atom. The molecule has 2 nitrogen and oxygen atoms in total. The quantitative estimate of drug-likeness (QED) is 0.217. The average Bonchev–Trinajstić information content (AvgIpc) is 3.58. The molecule has 0 saturated heterocycles. The predicted octanol–water partition coefficient (Wildman–Crippen LogP) is 7.94. The van der Waals surface area contributed by atoms with Crippen LogP contribution in [0.5, 0.6) is 0 Å². The van der Waals surface area contributed by atoms with Gasteiger partial charge in [0.05, 0.1) is 16.6 Å². The first-order chi connectivity index (χ1) is 17.3. The molecule has 5 aromatic carbocycles. The van der Waals surface area contributed by atoms with E-state index in [2.05, 4.69) is 101 Å². The minimum Gasteiger partial charge on any atom is -0.292 e. The first-order valence-corrected chi connectivity index (χ1v) is 12.3. The predicted molar refractivity (Wildman–Crippen MR) is 144 cm³/mol. The van der Waals surface area contributed by atoms with E-state index in [4.69, 9.17) is 4.98 Å². The molecule has 0 N–H and O–H groups in total. The summed E-state index contributed by atoms with van der Waals surface area (Å²) in [6.45, 7) is 0. The number of imidazole rings is 1. The van der Waals surface area contributed by atoms with Gasteiger partial charge in [0.2, 0.25) is 0 Å². The topological polar surface area (TPSA) is 17.3 Å². The van der Waals surface area contributed by atoms with Crippen LogP contribution in [0.25, 0.3) is 60.6 Å². The SMILES string of the molecule is c1ccc2c(c1)Cc1ccc3c(c1-2)-c1cc2nc4c5ccccc5c5ccccc5n4c2cc1C3. The van der Waals surface area contributed by atoms with Crippen LogP contribution in [-0.2, 0) is 12.8 Å². The fourth-order valence-corrected chi connectivity index (χ4v) is 6.71. The van der Waals surface area contributed by atoms with Crippen molar-refractivity contribution in [1.29, 1.82) is 0 Å². The Morgan fingerprint density at radius 1 is 0.514 bits per heavy atom. The van der Waals surface area contributed by atoms with Crippen LogP contribution in [0.3, 0.4) is 0 Å². The van der Waals surface area contributed by atoms with Crippen LogP contribution in [0.2, 0.25) is 0 Å². The standard InChI is InChI=1S/C33H20N2/c1-2-8-23-19(7-1)15-20-13-14-21-16-22-17-30-28(18-27(22)32(21)31(20)23)34-33-26-11-4-3-9-24(26)25-10-5-6-12-29(25)35(30)33/h1-14,17-18H,15-16H2. The minimum absolute atomic E-state index is 0.981.